The van der Waals surface area contributed by atoms with Gasteiger partial charge in [-0.15, -0.1) is 0 Å². The average molecular weight is 333 g/mol. The minimum atomic E-state index is -4.44. The van der Waals surface area contributed by atoms with E-state index >= 15 is 0 Å². The highest BCUT2D eigenvalue weighted by Gasteiger charge is 2.30. The normalized spacial score (nSPS) is 18.6. The van der Waals surface area contributed by atoms with Gasteiger partial charge in [0.2, 0.25) is 0 Å². The minimum Gasteiger partial charge on any atom is -0.484 e. The van der Waals surface area contributed by atoms with Gasteiger partial charge in [-0.1, -0.05) is 0 Å². The molecule has 0 radical (unpaired) electrons. The van der Waals surface area contributed by atoms with E-state index in [0.717, 1.165) is 24.3 Å². The Balaban J connectivity index is 1.88. The number of morpholine rings is 1. The van der Waals surface area contributed by atoms with Crippen LogP contribution in [0.1, 0.15) is 5.56 Å². The molecule has 1 aliphatic heterocycles. The number of carbonyl (C=O) groups excluding carboxylic acids is 1. The van der Waals surface area contributed by atoms with Gasteiger partial charge in [-0.25, -0.2) is 4.79 Å². The average Bonchev–Trinajstić information content (AvgIpc) is 2.52. The maximum atomic E-state index is 12.4. The number of ether oxygens (including phenoxy) is 2. The summed E-state index contributed by atoms with van der Waals surface area (Å²) < 4.78 is 47.4. The van der Waals surface area contributed by atoms with Crippen molar-refractivity contribution in [2.24, 2.45) is 0 Å². The van der Waals surface area contributed by atoms with Gasteiger partial charge in [-0.3, -0.25) is 4.79 Å². The van der Waals surface area contributed by atoms with E-state index in [0.29, 0.717) is 0 Å². The van der Waals surface area contributed by atoms with Crippen LogP contribution < -0.4 is 4.74 Å². The fraction of sp³-hybridized carbons (Fsp3) is 0.429. The van der Waals surface area contributed by atoms with E-state index in [1.165, 1.54) is 4.90 Å². The number of rotatable bonds is 4. The largest absolute Gasteiger partial charge is 0.484 e. The second kappa shape index (κ2) is 6.86. The predicted octanol–water partition coefficient (Wildman–Crippen LogP) is 1.40. The van der Waals surface area contributed by atoms with Gasteiger partial charge in [-0.2, -0.15) is 13.2 Å². The second-order valence-corrected chi connectivity index (χ2v) is 4.85. The van der Waals surface area contributed by atoms with Gasteiger partial charge >= 0.3 is 12.1 Å². The molecule has 1 aliphatic rings. The number of amides is 1. The fourth-order valence-electron chi connectivity index (χ4n) is 2.00. The van der Waals surface area contributed by atoms with E-state index in [9.17, 15) is 22.8 Å². The molecule has 0 aliphatic carbocycles. The van der Waals surface area contributed by atoms with Gasteiger partial charge < -0.3 is 19.5 Å². The summed E-state index contributed by atoms with van der Waals surface area (Å²) in [7, 11) is 0. The Labute approximate surface area is 129 Å². The quantitative estimate of drug-likeness (QED) is 0.901. The lowest BCUT2D eigenvalue weighted by molar-refractivity contribution is -0.160. The minimum absolute atomic E-state index is 0.0927. The summed E-state index contributed by atoms with van der Waals surface area (Å²) in [5, 5.41) is 8.85. The molecule has 23 heavy (non-hydrogen) atoms. The smallest absolute Gasteiger partial charge is 0.416 e. The van der Waals surface area contributed by atoms with Crippen LogP contribution in [0.5, 0.6) is 5.75 Å². The molecule has 1 N–H and O–H groups in total. The number of carbonyl (C=O) groups is 2. The van der Waals surface area contributed by atoms with E-state index < -0.39 is 36.3 Å². The van der Waals surface area contributed by atoms with Gasteiger partial charge in [0.15, 0.2) is 12.7 Å². The van der Waals surface area contributed by atoms with Crippen molar-refractivity contribution in [3.63, 3.8) is 0 Å². The van der Waals surface area contributed by atoms with E-state index in [1.807, 2.05) is 0 Å². The van der Waals surface area contributed by atoms with Crippen molar-refractivity contribution in [1.29, 1.82) is 0 Å². The number of carboxylic acids is 1. The first-order valence-corrected chi connectivity index (χ1v) is 6.69. The second-order valence-electron chi connectivity index (χ2n) is 4.85. The number of nitrogens with zero attached hydrogens (tertiary/aromatic N) is 1. The van der Waals surface area contributed by atoms with Crippen molar-refractivity contribution in [1.82, 2.24) is 4.90 Å². The number of hydrogen-bond donors (Lipinski definition) is 1. The molecule has 1 amide bonds. The lowest BCUT2D eigenvalue weighted by Gasteiger charge is -2.30. The van der Waals surface area contributed by atoms with E-state index in [2.05, 4.69) is 0 Å². The number of halogens is 3. The molecule has 0 saturated carbocycles. The van der Waals surface area contributed by atoms with E-state index in [1.54, 1.807) is 0 Å². The lowest BCUT2D eigenvalue weighted by atomic mass is 10.2. The molecule has 0 unspecified atom stereocenters. The highest BCUT2D eigenvalue weighted by atomic mass is 19.4. The van der Waals surface area contributed by atoms with Crippen molar-refractivity contribution in [2.75, 3.05) is 26.3 Å². The van der Waals surface area contributed by atoms with Gasteiger partial charge in [0.05, 0.1) is 18.7 Å². The van der Waals surface area contributed by atoms with Gasteiger partial charge in [0.25, 0.3) is 5.91 Å². The molecule has 1 atom stereocenters. The summed E-state index contributed by atoms with van der Waals surface area (Å²) in [6.07, 6.45) is -5.52. The summed E-state index contributed by atoms with van der Waals surface area (Å²) in [6, 6.07) is 3.95. The van der Waals surface area contributed by atoms with Gasteiger partial charge in [-0.05, 0) is 24.3 Å². The zero-order chi connectivity index (χ0) is 17.0. The SMILES string of the molecule is O=C(O)[C@@H]1CN(C(=O)COc2ccc(C(F)(F)F)cc2)CCO1. The molecule has 6 nitrogen and oxygen atoms in total. The van der Waals surface area contributed by atoms with Crippen LogP contribution in [0.25, 0.3) is 0 Å². The Morgan fingerprint density at radius 1 is 1.30 bits per heavy atom. The van der Waals surface area contributed by atoms with E-state index in [-0.39, 0.29) is 25.4 Å². The van der Waals surface area contributed by atoms with Crippen LogP contribution in [0.3, 0.4) is 0 Å². The molecule has 0 aromatic heterocycles. The molecular weight excluding hydrogens is 319 g/mol. The first kappa shape index (κ1) is 17.1. The molecule has 126 valence electrons. The third-order valence-corrected chi connectivity index (χ3v) is 3.24. The predicted molar refractivity (Wildman–Crippen MR) is 70.9 cm³/mol. The lowest BCUT2D eigenvalue weighted by Crippen LogP contribution is -2.49. The van der Waals surface area contributed by atoms with Crippen LogP contribution in [0.2, 0.25) is 0 Å². The molecule has 0 bridgehead atoms. The van der Waals surface area contributed by atoms with Crippen molar-refractivity contribution in [2.45, 2.75) is 12.3 Å². The highest BCUT2D eigenvalue weighted by molar-refractivity contribution is 5.79. The van der Waals surface area contributed by atoms with E-state index in [4.69, 9.17) is 14.6 Å². The van der Waals surface area contributed by atoms with Gasteiger partial charge in [0.1, 0.15) is 5.75 Å². The number of aliphatic carboxylic acids is 1. The number of alkyl halides is 3. The molecule has 1 aromatic rings. The van der Waals surface area contributed by atoms with Crippen molar-refractivity contribution in [3.8, 4) is 5.75 Å². The van der Waals surface area contributed by atoms with Crippen LogP contribution in [0.15, 0.2) is 24.3 Å². The molecule has 0 spiro atoms. The summed E-state index contributed by atoms with van der Waals surface area (Å²) >= 11 is 0. The van der Waals surface area contributed by atoms with Crippen LogP contribution in [-0.2, 0) is 20.5 Å². The zero-order valence-electron chi connectivity index (χ0n) is 11.9. The molecule has 2 rings (SSSR count). The number of hydrogen-bond acceptors (Lipinski definition) is 4. The molecule has 1 fully saturated rings. The highest BCUT2D eigenvalue weighted by Crippen LogP contribution is 2.30. The topological polar surface area (TPSA) is 76.1 Å². The Morgan fingerprint density at radius 3 is 2.52 bits per heavy atom. The van der Waals surface area contributed by atoms with Crippen LogP contribution in [0.4, 0.5) is 13.2 Å². The molecular formula is C14H14F3NO5. The van der Waals surface area contributed by atoms with Crippen molar-refractivity contribution < 1.29 is 37.3 Å². The van der Waals surface area contributed by atoms with Crippen LogP contribution >= 0.6 is 0 Å². The van der Waals surface area contributed by atoms with Crippen LogP contribution in [-0.4, -0.2) is 54.3 Å². The summed E-state index contributed by atoms with van der Waals surface area (Å²) in [4.78, 5) is 24.1. The third kappa shape index (κ3) is 4.59. The first-order chi connectivity index (χ1) is 10.8. The summed E-state index contributed by atoms with van der Waals surface area (Å²) in [5.74, 6) is -1.50. The summed E-state index contributed by atoms with van der Waals surface area (Å²) in [6.45, 7) is -0.149. The molecule has 1 saturated heterocycles. The van der Waals surface area contributed by atoms with Crippen LogP contribution in [0, 0.1) is 0 Å². The molecule has 1 aromatic carbocycles. The first-order valence-electron chi connectivity index (χ1n) is 6.69. The standard InChI is InChI=1S/C14H14F3NO5/c15-14(16,17)9-1-3-10(4-2-9)23-8-12(19)18-5-6-22-11(7-18)13(20)21/h1-4,11H,5-8H2,(H,20,21)/t11-/m0/s1. The monoisotopic (exact) mass is 333 g/mol. The maximum absolute atomic E-state index is 12.4. The van der Waals surface area contributed by atoms with Crippen molar-refractivity contribution >= 4 is 11.9 Å². The number of carboxylic acid groups (broad SMARTS) is 1. The van der Waals surface area contributed by atoms with Gasteiger partial charge in [0, 0.05) is 6.54 Å². The number of benzene rings is 1. The molecule has 9 heteroatoms. The third-order valence-electron chi connectivity index (χ3n) is 3.24. The zero-order valence-corrected chi connectivity index (χ0v) is 11.9. The van der Waals surface area contributed by atoms with Crippen molar-refractivity contribution in [3.05, 3.63) is 29.8 Å². The Morgan fingerprint density at radius 2 is 1.96 bits per heavy atom. The Hall–Kier alpha value is -2.29. The Kier molecular flexibility index (Phi) is 5.09. The summed E-state index contributed by atoms with van der Waals surface area (Å²) in [5.41, 5.74) is -0.811. The maximum Gasteiger partial charge on any atom is 0.416 e. The molecule has 1 heterocycles. The fourth-order valence-corrected chi connectivity index (χ4v) is 2.00. The Bertz CT molecular complexity index is 573.